The number of rotatable bonds is 4. The van der Waals surface area contributed by atoms with Gasteiger partial charge in [0.25, 0.3) is 0 Å². The molecule has 0 atom stereocenters. The fourth-order valence-corrected chi connectivity index (χ4v) is 4.25. The van der Waals surface area contributed by atoms with E-state index in [0.717, 1.165) is 58.6 Å². The van der Waals surface area contributed by atoms with Gasteiger partial charge in [0.05, 0.1) is 5.69 Å². The van der Waals surface area contributed by atoms with E-state index in [-0.39, 0.29) is 0 Å². The number of aromatic nitrogens is 1. The molecule has 0 bridgehead atoms. The van der Waals surface area contributed by atoms with Crippen LogP contribution in [0.2, 0.25) is 0 Å². The van der Waals surface area contributed by atoms with Crippen molar-refractivity contribution in [3.05, 3.63) is 113 Å². The zero-order chi connectivity index (χ0) is 23.1. The van der Waals surface area contributed by atoms with Gasteiger partial charge in [0.15, 0.2) is 0 Å². The standard InChI is InChI=1S/C28H27NO.C2H6/c1-5-11-23-19(3)16-17-21-12-7-9-14-24(21)26(23)18-22-13-8-10-15-25(22)28-20(4)30-29-27(28)6-2;1-2/h5,7-15,18H,1,3,6,16-17H2,2,4H3;1-2H3/b23-11+,26-18+;. The molecular weight excluding hydrogens is 390 g/mol. The lowest BCUT2D eigenvalue weighted by atomic mass is 9.89. The van der Waals surface area contributed by atoms with Gasteiger partial charge in [-0.2, -0.15) is 0 Å². The van der Waals surface area contributed by atoms with Crippen LogP contribution in [0.1, 0.15) is 55.3 Å². The van der Waals surface area contributed by atoms with E-state index in [1.54, 1.807) is 0 Å². The normalized spacial score (nSPS) is 15.7. The fraction of sp³-hybridized carbons (Fsp3) is 0.233. The van der Waals surface area contributed by atoms with Crippen molar-refractivity contribution in [1.29, 1.82) is 0 Å². The van der Waals surface area contributed by atoms with Gasteiger partial charge in [-0.25, -0.2) is 0 Å². The Labute approximate surface area is 192 Å². The molecule has 0 fully saturated rings. The Kier molecular flexibility index (Phi) is 7.83. The van der Waals surface area contributed by atoms with Crippen molar-refractivity contribution in [2.24, 2.45) is 0 Å². The lowest BCUT2D eigenvalue weighted by molar-refractivity contribution is 0.391. The van der Waals surface area contributed by atoms with Crippen molar-refractivity contribution in [2.75, 3.05) is 0 Å². The highest BCUT2D eigenvalue weighted by molar-refractivity contribution is 5.98. The number of fused-ring (bicyclic) bond motifs is 1. The molecule has 1 aliphatic carbocycles. The van der Waals surface area contributed by atoms with Crippen LogP contribution in [0.4, 0.5) is 0 Å². The third-order valence-electron chi connectivity index (χ3n) is 5.76. The summed E-state index contributed by atoms with van der Waals surface area (Å²) in [6, 6.07) is 17.1. The minimum absolute atomic E-state index is 0.832. The van der Waals surface area contributed by atoms with Crippen LogP contribution in [-0.2, 0) is 12.8 Å². The number of benzene rings is 2. The predicted molar refractivity (Wildman–Crippen MR) is 137 cm³/mol. The molecule has 0 saturated carbocycles. The Hall–Kier alpha value is -3.39. The van der Waals surface area contributed by atoms with Gasteiger partial charge in [-0.15, -0.1) is 0 Å². The van der Waals surface area contributed by atoms with E-state index in [1.165, 1.54) is 16.7 Å². The van der Waals surface area contributed by atoms with Gasteiger partial charge < -0.3 is 4.52 Å². The van der Waals surface area contributed by atoms with E-state index in [1.807, 2.05) is 26.8 Å². The summed E-state index contributed by atoms with van der Waals surface area (Å²) >= 11 is 0. The summed E-state index contributed by atoms with van der Waals surface area (Å²) in [5, 5.41) is 4.27. The monoisotopic (exact) mass is 423 g/mol. The van der Waals surface area contributed by atoms with E-state index in [0.29, 0.717) is 0 Å². The molecule has 0 amide bonds. The van der Waals surface area contributed by atoms with Crippen molar-refractivity contribution in [3.63, 3.8) is 0 Å². The van der Waals surface area contributed by atoms with Gasteiger partial charge in [0.1, 0.15) is 5.76 Å². The molecular formula is C30H33NO. The topological polar surface area (TPSA) is 26.0 Å². The first kappa shape index (κ1) is 23.3. The van der Waals surface area contributed by atoms with Crippen LogP contribution in [0.3, 0.4) is 0 Å². The second kappa shape index (κ2) is 10.8. The first-order chi connectivity index (χ1) is 15.6. The Morgan fingerprint density at radius 2 is 1.66 bits per heavy atom. The van der Waals surface area contributed by atoms with Crippen LogP contribution in [0.5, 0.6) is 0 Å². The Morgan fingerprint density at radius 3 is 2.38 bits per heavy atom. The average molecular weight is 424 g/mol. The highest BCUT2D eigenvalue weighted by Gasteiger charge is 2.21. The summed E-state index contributed by atoms with van der Waals surface area (Å²) in [4.78, 5) is 0. The van der Waals surface area contributed by atoms with Crippen LogP contribution in [0, 0.1) is 6.92 Å². The molecule has 1 aromatic heterocycles. The summed E-state index contributed by atoms with van der Waals surface area (Å²) in [5.74, 6) is 0.852. The third kappa shape index (κ3) is 4.60. The van der Waals surface area contributed by atoms with Gasteiger partial charge in [-0.05, 0) is 71.2 Å². The summed E-state index contributed by atoms with van der Waals surface area (Å²) in [5.41, 5.74) is 10.5. The fourth-order valence-electron chi connectivity index (χ4n) is 4.25. The van der Waals surface area contributed by atoms with Gasteiger partial charge >= 0.3 is 0 Å². The van der Waals surface area contributed by atoms with Gasteiger partial charge in [-0.3, -0.25) is 0 Å². The molecule has 3 aromatic rings. The summed E-state index contributed by atoms with van der Waals surface area (Å²) in [7, 11) is 0. The smallest absolute Gasteiger partial charge is 0.141 e. The lowest BCUT2D eigenvalue weighted by Crippen LogP contribution is -1.94. The number of hydrogen-bond donors (Lipinski definition) is 0. The molecule has 2 aromatic carbocycles. The SMILES string of the molecule is C=C/C=C1\C(=C)CCc2ccccc2\C1=C\c1ccccc1-c1c(CC)noc1C.CC. The maximum absolute atomic E-state index is 5.53. The molecule has 1 heterocycles. The molecule has 1 aliphatic rings. The molecule has 2 heteroatoms. The van der Waals surface area contributed by atoms with Crippen molar-refractivity contribution < 1.29 is 4.52 Å². The van der Waals surface area contributed by atoms with E-state index in [9.17, 15) is 0 Å². The van der Waals surface area contributed by atoms with Crippen molar-refractivity contribution >= 4 is 11.6 Å². The van der Waals surface area contributed by atoms with Crippen LogP contribution >= 0.6 is 0 Å². The van der Waals surface area contributed by atoms with Crippen molar-refractivity contribution in [3.8, 4) is 11.1 Å². The number of hydrogen-bond acceptors (Lipinski definition) is 2. The van der Waals surface area contributed by atoms with Crippen molar-refractivity contribution in [2.45, 2.75) is 47.0 Å². The molecule has 0 unspecified atom stereocenters. The molecule has 2 nitrogen and oxygen atoms in total. The Balaban J connectivity index is 0.00000141. The number of allylic oxidation sites excluding steroid dienone is 5. The van der Waals surface area contributed by atoms with E-state index in [4.69, 9.17) is 4.52 Å². The molecule has 0 saturated heterocycles. The first-order valence-corrected chi connectivity index (χ1v) is 11.5. The zero-order valence-electron chi connectivity index (χ0n) is 19.7. The van der Waals surface area contributed by atoms with Crippen LogP contribution in [0.25, 0.3) is 22.8 Å². The third-order valence-corrected chi connectivity index (χ3v) is 5.76. The van der Waals surface area contributed by atoms with E-state index < -0.39 is 0 Å². The van der Waals surface area contributed by atoms with Crippen LogP contribution in [-0.4, -0.2) is 5.16 Å². The van der Waals surface area contributed by atoms with Gasteiger partial charge in [0.2, 0.25) is 0 Å². The van der Waals surface area contributed by atoms with E-state index >= 15 is 0 Å². The molecule has 4 rings (SSSR count). The predicted octanol–water partition coefficient (Wildman–Crippen LogP) is 8.39. The molecule has 0 radical (unpaired) electrons. The zero-order valence-corrected chi connectivity index (χ0v) is 19.7. The van der Waals surface area contributed by atoms with Gasteiger partial charge in [0, 0.05) is 5.56 Å². The summed E-state index contributed by atoms with van der Waals surface area (Å²) in [6.45, 7) is 16.4. The second-order valence-corrected chi connectivity index (χ2v) is 7.64. The van der Waals surface area contributed by atoms with Gasteiger partial charge in [-0.1, -0.05) is 99.8 Å². The summed E-state index contributed by atoms with van der Waals surface area (Å²) < 4.78 is 5.53. The molecule has 32 heavy (non-hydrogen) atoms. The quantitative estimate of drug-likeness (QED) is 0.394. The highest BCUT2D eigenvalue weighted by atomic mass is 16.5. The maximum Gasteiger partial charge on any atom is 0.141 e. The van der Waals surface area contributed by atoms with Crippen LogP contribution in [0.15, 0.2) is 89.5 Å². The first-order valence-electron chi connectivity index (χ1n) is 11.5. The molecule has 0 spiro atoms. The highest BCUT2D eigenvalue weighted by Crippen LogP contribution is 2.39. The maximum atomic E-state index is 5.53. The number of aryl methyl sites for hydroxylation is 3. The minimum Gasteiger partial charge on any atom is -0.361 e. The minimum atomic E-state index is 0.832. The molecule has 164 valence electrons. The Morgan fingerprint density at radius 1 is 0.969 bits per heavy atom. The van der Waals surface area contributed by atoms with E-state index in [2.05, 4.69) is 85.9 Å². The largest absolute Gasteiger partial charge is 0.361 e. The Bertz CT molecular complexity index is 1170. The van der Waals surface area contributed by atoms with Crippen molar-refractivity contribution in [1.82, 2.24) is 5.16 Å². The lowest BCUT2D eigenvalue weighted by Gasteiger charge is -2.15. The molecule has 0 N–H and O–H groups in total. The van der Waals surface area contributed by atoms with Crippen LogP contribution < -0.4 is 0 Å². The second-order valence-electron chi connectivity index (χ2n) is 7.64. The number of nitrogens with zero attached hydrogens (tertiary/aromatic N) is 1. The average Bonchev–Trinajstić information content (AvgIpc) is 3.15. The molecule has 0 aliphatic heterocycles. The summed E-state index contributed by atoms with van der Waals surface area (Å²) in [6.07, 6.45) is 8.99.